The summed E-state index contributed by atoms with van der Waals surface area (Å²) in [5.41, 5.74) is 7.41. The molecule has 7 heteroatoms. The molecule has 0 amide bonds. The van der Waals surface area contributed by atoms with Crippen LogP contribution in [0.4, 0.5) is 5.69 Å². The number of pyridine rings is 1. The van der Waals surface area contributed by atoms with Crippen LogP contribution in [-0.2, 0) is 0 Å². The Bertz CT molecular complexity index is 735. The van der Waals surface area contributed by atoms with E-state index in [1.54, 1.807) is 30.3 Å². The van der Waals surface area contributed by atoms with Gasteiger partial charge in [-0.05, 0) is 24.3 Å². The zero-order chi connectivity index (χ0) is 14.1. The first-order valence-electron chi connectivity index (χ1n) is 5.65. The van der Waals surface area contributed by atoms with Crippen LogP contribution < -0.4 is 5.73 Å². The molecule has 0 saturated heterocycles. The molecule has 0 aliphatic carbocycles. The fourth-order valence-corrected chi connectivity index (χ4v) is 2.08. The van der Waals surface area contributed by atoms with Gasteiger partial charge in [0.2, 0.25) is 5.82 Å². The average Bonchev–Trinajstić information content (AvgIpc) is 2.89. The molecule has 0 saturated carbocycles. The molecular weight excluding hydrogens is 299 g/mol. The summed E-state index contributed by atoms with van der Waals surface area (Å²) >= 11 is 11.9. The number of nitrogens with zero attached hydrogens (tertiary/aromatic N) is 3. The van der Waals surface area contributed by atoms with E-state index >= 15 is 0 Å². The summed E-state index contributed by atoms with van der Waals surface area (Å²) in [6.45, 7) is 0. The van der Waals surface area contributed by atoms with Gasteiger partial charge in [-0.25, -0.2) is 0 Å². The molecule has 0 aliphatic heterocycles. The average molecular weight is 307 g/mol. The molecule has 2 aromatic heterocycles. The maximum atomic E-state index is 6.10. The minimum Gasteiger partial charge on any atom is -0.398 e. The van der Waals surface area contributed by atoms with Crippen molar-refractivity contribution in [1.82, 2.24) is 15.1 Å². The van der Waals surface area contributed by atoms with E-state index in [2.05, 4.69) is 15.1 Å². The number of hydrogen-bond acceptors (Lipinski definition) is 5. The van der Waals surface area contributed by atoms with E-state index in [1.165, 1.54) is 6.20 Å². The molecule has 0 fully saturated rings. The van der Waals surface area contributed by atoms with Crippen LogP contribution in [0, 0.1) is 0 Å². The molecule has 0 aliphatic rings. The number of nitrogen functional groups attached to an aromatic ring is 1. The molecule has 0 spiro atoms. The van der Waals surface area contributed by atoms with Crippen molar-refractivity contribution in [1.29, 1.82) is 0 Å². The van der Waals surface area contributed by atoms with Crippen LogP contribution in [0.2, 0.25) is 10.0 Å². The van der Waals surface area contributed by atoms with Gasteiger partial charge < -0.3 is 10.3 Å². The monoisotopic (exact) mass is 306 g/mol. The quantitative estimate of drug-likeness (QED) is 0.731. The molecule has 5 nitrogen and oxygen atoms in total. The van der Waals surface area contributed by atoms with Crippen LogP contribution >= 0.6 is 23.2 Å². The largest absolute Gasteiger partial charge is 0.398 e. The topological polar surface area (TPSA) is 77.8 Å². The van der Waals surface area contributed by atoms with Crippen molar-refractivity contribution in [2.24, 2.45) is 0 Å². The second kappa shape index (κ2) is 5.11. The molecule has 2 N–H and O–H groups in total. The second-order valence-corrected chi connectivity index (χ2v) is 4.83. The molecule has 0 atom stereocenters. The molecular formula is C13H8Cl2N4O. The van der Waals surface area contributed by atoms with Gasteiger partial charge in [-0.15, -0.1) is 0 Å². The summed E-state index contributed by atoms with van der Waals surface area (Å²) in [6.07, 6.45) is 1.51. The molecule has 0 unspecified atom stereocenters. The molecule has 20 heavy (non-hydrogen) atoms. The number of anilines is 1. The van der Waals surface area contributed by atoms with Gasteiger partial charge in [0.15, 0.2) is 0 Å². The Labute approximate surface area is 124 Å². The molecule has 1 aromatic carbocycles. The Morgan fingerprint density at radius 3 is 2.65 bits per heavy atom. The van der Waals surface area contributed by atoms with Crippen molar-refractivity contribution in [3.8, 4) is 23.0 Å². The molecule has 3 aromatic rings. The van der Waals surface area contributed by atoms with E-state index < -0.39 is 0 Å². The summed E-state index contributed by atoms with van der Waals surface area (Å²) in [5, 5.41) is 4.85. The van der Waals surface area contributed by atoms with Crippen molar-refractivity contribution in [2.75, 3.05) is 5.73 Å². The first-order valence-corrected chi connectivity index (χ1v) is 6.41. The van der Waals surface area contributed by atoms with Crippen molar-refractivity contribution in [3.05, 3.63) is 46.6 Å². The highest BCUT2D eigenvalue weighted by Gasteiger charge is 2.16. The predicted octanol–water partition coefficient (Wildman–Crippen LogP) is 3.69. The van der Waals surface area contributed by atoms with Crippen LogP contribution in [0.3, 0.4) is 0 Å². The van der Waals surface area contributed by atoms with Gasteiger partial charge in [0.1, 0.15) is 5.69 Å². The van der Waals surface area contributed by atoms with Gasteiger partial charge in [-0.1, -0.05) is 34.4 Å². The van der Waals surface area contributed by atoms with E-state index in [9.17, 15) is 0 Å². The first kappa shape index (κ1) is 12.9. The second-order valence-electron chi connectivity index (χ2n) is 3.99. The first-order chi connectivity index (χ1) is 9.65. The Morgan fingerprint density at radius 2 is 1.95 bits per heavy atom. The fourth-order valence-electron chi connectivity index (χ4n) is 1.70. The number of aromatic nitrogens is 3. The number of halogens is 2. The highest BCUT2D eigenvalue weighted by molar-refractivity contribution is 6.33. The molecule has 0 bridgehead atoms. The zero-order valence-corrected chi connectivity index (χ0v) is 11.6. The van der Waals surface area contributed by atoms with Crippen LogP contribution in [0.15, 0.2) is 41.1 Å². The van der Waals surface area contributed by atoms with E-state index in [-0.39, 0.29) is 5.89 Å². The predicted molar refractivity (Wildman–Crippen MR) is 77.4 cm³/mol. The Morgan fingerprint density at radius 1 is 1.10 bits per heavy atom. The van der Waals surface area contributed by atoms with Crippen molar-refractivity contribution >= 4 is 28.9 Å². The van der Waals surface area contributed by atoms with Crippen LogP contribution in [0.5, 0.6) is 0 Å². The van der Waals surface area contributed by atoms with Gasteiger partial charge in [0.05, 0.1) is 15.6 Å². The van der Waals surface area contributed by atoms with Crippen molar-refractivity contribution in [3.63, 3.8) is 0 Å². The number of benzene rings is 1. The van der Waals surface area contributed by atoms with E-state index in [0.29, 0.717) is 32.8 Å². The van der Waals surface area contributed by atoms with Crippen molar-refractivity contribution in [2.45, 2.75) is 0 Å². The number of hydrogen-bond donors (Lipinski definition) is 1. The van der Waals surface area contributed by atoms with E-state index in [4.69, 9.17) is 33.5 Å². The SMILES string of the molecule is Nc1cccc(Cl)c1-c1nc(-c2ccc(Cl)cn2)no1. The van der Waals surface area contributed by atoms with E-state index in [0.717, 1.165) is 0 Å². The van der Waals surface area contributed by atoms with Gasteiger partial charge >= 0.3 is 0 Å². The molecule has 3 rings (SSSR count). The number of rotatable bonds is 2. The lowest BCUT2D eigenvalue weighted by molar-refractivity contribution is 0.432. The standard InChI is InChI=1S/C13H8Cl2N4O/c14-7-4-5-10(17-6-7)12-18-13(20-19-12)11-8(15)2-1-3-9(11)16/h1-6H,16H2. The van der Waals surface area contributed by atoms with Crippen molar-refractivity contribution < 1.29 is 4.52 Å². The lowest BCUT2D eigenvalue weighted by Gasteiger charge is -2.01. The highest BCUT2D eigenvalue weighted by atomic mass is 35.5. The summed E-state index contributed by atoms with van der Waals surface area (Å²) in [5.74, 6) is 0.593. The minimum atomic E-state index is 0.250. The fraction of sp³-hybridized carbons (Fsp3) is 0. The van der Waals surface area contributed by atoms with Crippen LogP contribution in [0.25, 0.3) is 23.0 Å². The van der Waals surface area contributed by atoms with Crippen LogP contribution in [-0.4, -0.2) is 15.1 Å². The lowest BCUT2D eigenvalue weighted by Crippen LogP contribution is -1.91. The smallest absolute Gasteiger partial charge is 0.261 e. The molecule has 100 valence electrons. The Kier molecular flexibility index (Phi) is 3.30. The third-order valence-electron chi connectivity index (χ3n) is 2.64. The van der Waals surface area contributed by atoms with Gasteiger partial charge in [-0.3, -0.25) is 4.98 Å². The van der Waals surface area contributed by atoms with Gasteiger partial charge in [0.25, 0.3) is 5.89 Å². The maximum Gasteiger partial charge on any atom is 0.261 e. The minimum absolute atomic E-state index is 0.250. The maximum absolute atomic E-state index is 6.10. The molecule has 0 radical (unpaired) electrons. The summed E-state index contributed by atoms with van der Waals surface area (Å²) in [7, 11) is 0. The molecule has 2 heterocycles. The third kappa shape index (κ3) is 2.33. The lowest BCUT2D eigenvalue weighted by atomic mass is 10.2. The summed E-state index contributed by atoms with van der Waals surface area (Å²) in [6, 6.07) is 8.57. The van der Waals surface area contributed by atoms with Gasteiger partial charge in [-0.2, -0.15) is 4.98 Å². The Balaban J connectivity index is 2.04. The summed E-state index contributed by atoms with van der Waals surface area (Å²) in [4.78, 5) is 8.37. The number of nitrogens with two attached hydrogens (primary N) is 1. The summed E-state index contributed by atoms with van der Waals surface area (Å²) < 4.78 is 5.20. The Hall–Kier alpha value is -2.11. The zero-order valence-electron chi connectivity index (χ0n) is 10.0. The highest BCUT2D eigenvalue weighted by Crippen LogP contribution is 2.32. The van der Waals surface area contributed by atoms with Gasteiger partial charge in [0, 0.05) is 11.9 Å². The third-order valence-corrected chi connectivity index (χ3v) is 3.18. The van der Waals surface area contributed by atoms with Crippen LogP contribution in [0.1, 0.15) is 0 Å². The normalized spacial score (nSPS) is 10.7. The van der Waals surface area contributed by atoms with E-state index in [1.807, 2.05) is 0 Å².